The van der Waals surface area contributed by atoms with Gasteiger partial charge in [-0.2, -0.15) is 0 Å². The molecule has 0 saturated carbocycles. The molecule has 30 heavy (non-hydrogen) atoms. The number of carbonyl (C=O) groups excluding carboxylic acids is 2. The molecule has 158 valence electrons. The van der Waals surface area contributed by atoms with Crippen molar-refractivity contribution in [2.45, 2.75) is 31.3 Å². The number of ether oxygens (including phenoxy) is 1. The van der Waals surface area contributed by atoms with Gasteiger partial charge in [-0.3, -0.25) is 9.59 Å². The molecule has 1 N–H and O–H groups in total. The number of hydrogen-bond acceptors (Lipinski definition) is 3. The van der Waals surface area contributed by atoms with Crippen molar-refractivity contribution in [1.82, 2.24) is 10.2 Å². The highest BCUT2D eigenvalue weighted by atomic mass is 19.1. The molecule has 2 aliphatic rings. The summed E-state index contributed by atoms with van der Waals surface area (Å²) in [4.78, 5) is 27.2. The number of rotatable bonds is 4. The number of nitrogens with one attached hydrogen (secondary N) is 1. The zero-order chi connectivity index (χ0) is 21.1. The second-order valence-electron chi connectivity index (χ2n) is 8.30. The summed E-state index contributed by atoms with van der Waals surface area (Å²) in [5.74, 6) is -0.149. The van der Waals surface area contributed by atoms with E-state index in [1.54, 1.807) is 7.11 Å². The Labute approximate surface area is 176 Å². The molecule has 2 aromatic carbocycles. The van der Waals surface area contributed by atoms with E-state index in [0.717, 1.165) is 24.0 Å². The lowest BCUT2D eigenvalue weighted by atomic mass is 9.62. The summed E-state index contributed by atoms with van der Waals surface area (Å²) < 4.78 is 18.9. The number of hydrogen-bond donors (Lipinski definition) is 1. The van der Waals surface area contributed by atoms with E-state index >= 15 is 0 Å². The predicted molar refractivity (Wildman–Crippen MR) is 111 cm³/mol. The molecule has 0 bridgehead atoms. The normalized spacial score (nSPS) is 21.9. The van der Waals surface area contributed by atoms with E-state index < -0.39 is 6.10 Å². The summed E-state index contributed by atoms with van der Waals surface area (Å²) in [6.45, 7) is 1.70. The van der Waals surface area contributed by atoms with E-state index in [9.17, 15) is 14.0 Å². The topological polar surface area (TPSA) is 58.6 Å². The van der Waals surface area contributed by atoms with Gasteiger partial charge >= 0.3 is 0 Å². The Morgan fingerprint density at radius 2 is 1.80 bits per heavy atom. The fraction of sp³-hybridized carbons (Fsp3) is 0.417. The summed E-state index contributed by atoms with van der Waals surface area (Å²) in [6, 6.07) is 16.1. The maximum absolute atomic E-state index is 13.4. The van der Waals surface area contributed by atoms with Gasteiger partial charge in [-0.15, -0.1) is 0 Å². The van der Waals surface area contributed by atoms with Crippen molar-refractivity contribution in [3.63, 3.8) is 0 Å². The van der Waals surface area contributed by atoms with Crippen molar-refractivity contribution >= 4 is 11.8 Å². The Morgan fingerprint density at radius 3 is 2.43 bits per heavy atom. The van der Waals surface area contributed by atoms with Crippen LogP contribution >= 0.6 is 0 Å². The fourth-order valence-corrected chi connectivity index (χ4v) is 4.98. The quantitative estimate of drug-likeness (QED) is 0.840. The molecule has 2 saturated heterocycles. The summed E-state index contributed by atoms with van der Waals surface area (Å²) in [6.07, 6.45) is 1.28. The van der Waals surface area contributed by atoms with E-state index in [4.69, 9.17) is 4.74 Å². The van der Waals surface area contributed by atoms with E-state index in [2.05, 4.69) is 5.32 Å². The Morgan fingerprint density at radius 1 is 1.13 bits per heavy atom. The summed E-state index contributed by atoms with van der Waals surface area (Å²) in [7, 11) is 1.55. The van der Waals surface area contributed by atoms with Crippen molar-refractivity contribution in [2.75, 3.05) is 26.7 Å². The van der Waals surface area contributed by atoms with E-state index in [0.29, 0.717) is 26.1 Å². The smallest absolute Gasteiger partial charge is 0.256 e. The molecular weight excluding hydrogens is 383 g/mol. The lowest BCUT2D eigenvalue weighted by molar-refractivity contribution is -0.146. The van der Waals surface area contributed by atoms with Crippen molar-refractivity contribution in [1.29, 1.82) is 0 Å². The average Bonchev–Trinajstić information content (AvgIpc) is 2.76. The zero-order valence-electron chi connectivity index (χ0n) is 17.1. The summed E-state index contributed by atoms with van der Waals surface area (Å²) in [5.41, 5.74) is 1.66. The highest BCUT2D eigenvalue weighted by Gasteiger charge is 2.47. The van der Waals surface area contributed by atoms with E-state index in [1.807, 2.05) is 47.4 Å². The Bertz CT molecular complexity index is 892. The van der Waals surface area contributed by atoms with Crippen LogP contribution in [-0.2, 0) is 14.3 Å². The number of methoxy groups -OCH3 is 1. The fourth-order valence-electron chi connectivity index (χ4n) is 4.98. The van der Waals surface area contributed by atoms with Crippen molar-refractivity contribution < 1.29 is 18.7 Å². The van der Waals surface area contributed by atoms with Crippen LogP contribution in [0.4, 0.5) is 4.39 Å². The molecule has 6 heteroatoms. The maximum atomic E-state index is 13.4. The maximum Gasteiger partial charge on any atom is 0.256 e. The Kier molecular flexibility index (Phi) is 5.86. The number of benzene rings is 2. The first kappa shape index (κ1) is 20.5. The van der Waals surface area contributed by atoms with Crippen LogP contribution in [0.5, 0.6) is 0 Å². The second-order valence-corrected chi connectivity index (χ2v) is 8.30. The first-order valence-corrected chi connectivity index (χ1v) is 10.4. The van der Waals surface area contributed by atoms with Gasteiger partial charge in [0.2, 0.25) is 5.91 Å². The molecule has 4 rings (SSSR count). The van der Waals surface area contributed by atoms with Gasteiger partial charge in [0.15, 0.2) is 6.10 Å². The molecule has 0 radical (unpaired) electrons. The highest BCUT2D eigenvalue weighted by molar-refractivity contribution is 5.82. The monoisotopic (exact) mass is 410 g/mol. The molecular formula is C24H27FN2O3. The minimum atomic E-state index is -0.622. The molecule has 5 nitrogen and oxygen atoms in total. The van der Waals surface area contributed by atoms with Gasteiger partial charge in [0.05, 0.1) is 0 Å². The molecule has 1 spiro atoms. The van der Waals surface area contributed by atoms with Crippen molar-refractivity contribution in [3.05, 3.63) is 71.5 Å². The Hall–Kier alpha value is -2.73. The lowest BCUT2D eigenvalue weighted by Gasteiger charge is -2.49. The van der Waals surface area contributed by atoms with Gasteiger partial charge in [-0.25, -0.2) is 4.39 Å². The minimum absolute atomic E-state index is 0.0443. The molecule has 2 heterocycles. The number of amides is 2. The van der Waals surface area contributed by atoms with E-state index in [-0.39, 0.29) is 29.0 Å². The van der Waals surface area contributed by atoms with Crippen LogP contribution in [-0.4, -0.2) is 43.5 Å². The predicted octanol–water partition coefficient (Wildman–Crippen LogP) is 3.43. The third-order valence-corrected chi connectivity index (χ3v) is 6.66. The Balaban J connectivity index is 1.51. The summed E-state index contributed by atoms with van der Waals surface area (Å²) >= 11 is 0. The number of likely N-dealkylation sites (tertiary alicyclic amines) is 1. The molecule has 2 fully saturated rings. The van der Waals surface area contributed by atoms with Crippen LogP contribution in [0.3, 0.4) is 0 Å². The first-order valence-electron chi connectivity index (χ1n) is 10.4. The van der Waals surface area contributed by atoms with Crippen molar-refractivity contribution in [2.24, 2.45) is 5.41 Å². The first-order chi connectivity index (χ1) is 14.5. The molecule has 1 unspecified atom stereocenters. The van der Waals surface area contributed by atoms with Gasteiger partial charge in [-0.05, 0) is 41.5 Å². The SMILES string of the molecule is CO[C@H](C(=O)N1CCC2(CC1)CC(=O)NCC2c1ccc(F)cc1)c1ccccc1. The molecule has 2 atom stereocenters. The third kappa shape index (κ3) is 3.97. The molecule has 2 amide bonds. The van der Waals surface area contributed by atoms with Crippen LogP contribution in [0.2, 0.25) is 0 Å². The van der Waals surface area contributed by atoms with E-state index in [1.165, 1.54) is 12.1 Å². The van der Waals surface area contributed by atoms with Crippen LogP contribution in [0.15, 0.2) is 54.6 Å². The molecule has 2 aliphatic heterocycles. The minimum Gasteiger partial charge on any atom is -0.367 e. The number of carbonyl (C=O) groups is 2. The molecule has 0 aliphatic carbocycles. The lowest BCUT2D eigenvalue weighted by Crippen LogP contribution is -2.53. The van der Waals surface area contributed by atoms with Gasteiger partial charge < -0.3 is 15.0 Å². The number of nitrogens with zero attached hydrogens (tertiary/aromatic N) is 1. The van der Waals surface area contributed by atoms with Gasteiger partial charge in [0, 0.05) is 39.1 Å². The second kappa shape index (κ2) is 8.56. The van der Waals surface area contributed by atoms with Gasteiger partial charge in [0.25, 0.3) is 5.91 Å². The largest absolute Gasteiger partial charge is 0.367 e. The zero-order valence-corrected chi connectivity index (χ0v) is 17.1. The number of piperidine rings is 2. The van der Waals surface area contributed by atoms with Crippen LogP contribution in [0.1, 0.15) is 42.4 Å². The highest BCUT2D eigenvalue weighted by Crippen LogP contribution is 2.49. The molecule has 2 aromatic rings. The van der Waals surface area contributed by atoms with Crippen molar-refractivity contribution in [3.8, 4) is 0 Å². The van der Waals surface area contributed by atoms with Crippen LogP contribution in [0.25, 0.3) is 0 Å². The van der Waals surface area contributed by atoms with Gasteiger partial charge in [0.1, 0.15) is 5.82 Å². The van der Waals surface area contributed by atoms with Gasteiger partial charge in [-0.1, -0.05) is 42.5 Å². The molecule has 0 aromatic heterocycles. The standard InChI is InChI=1S/C24H27FN2O3/c1-30-22(18-5-3-2-4-6-18)23(29)27-13-11-24(12-14-27)15-21(28)26-16-20(24)17-7-9-19(25)10-8-17/h2-10,20,22H,11-16H2,1H3,(H,26,28)/t20?,22-/m0/s1. The summed E-state index contributed by atoms with van der Waals surface area (Å²) in [5, 5.41) is 2.97. The average molecular weight is 410 g/mol. The number of halogens is 1. The van der Waals surface area contributed by atoms with Crippen LogP contribution in [0, 0.1) is 11.2 Å². The van der Waals surface area contributed by atoms with Crippen LogP contribution < -0.4 is 5.32 Å². The third-order valence-electron chi connectivity index (χ3n) is 6.66.